The van der Waals surface area contributed by atoms with Gasteiger partial charge in [0.2, 0.25) is 0 Å². The molecule has 0 aromatic rings. The zero-order valence-corrected chi connectivity index (χ0v) is 20.7. The quantitative estimate of drug-likeness (QED) is 0.196. The van der Waals surface area contributed by atoms with Gasteiger partial charge in [-0.3, -0.25) is 4.79 Å². The van der Waals surface area contributed by atoms with Gasteiger partial charge in [-0.2, -0.15) is 0 Å². The molecule has 1 aliphatic rings. The molecule has 0 N–H and O–H groups in total. The van der Waals surface area contributed by atoms with E-state index in [1.54, 1.807) is 6.92 Å². The first-order valence-corrected chi connectivity index (χ1v) is 15.9. The Balaban J connectivity index is 3.26. The number of Topliss-reactive ketones (excluding diaryl/α,β-unsaturated/α-hetero) is 1. The summed E-state index contributed by atoms with van der Waals surface area (Å²) >= 11 is 0. The zero-order chi connectivity index (χ0) is 20.7. The number of carbonyl (C=O) groups excluding carboxylic acids is 1. The highest BCUT2D eigenvalue weighted by atomic mass is 28.4. The van der Waals surface area contributed by atoms with E-state index in [0.29, 0.717) is 13.0 Å². The first-order valence-electron chi connectivity index (χ1n) is 10.9. The fourth-order valence-electron chi connectivity index (χ4n) is 4.15. The van der Waals surface area contributed by atoms with Crippen molar-refractivity contribution >= 4 is 22.4 Å². The van der Waals surface area contributed by atoms with Crippen molar-refractivity contribution in [3.05, 3.63) is 12.7 Å². The molecule has 27 heavy (non-hydrogen) atoms. The van der Waals surface area contributed by atoms with Crippen molar-refractivity contribution < 1.29 is 18.4 Å². The fourth-order valence-corrected chi connectivity index (χ4v) is 9.83. The molecule has 1 saturated heterocycles. The van der Waals surface area contributed by atoms with Crippen LogP contribution in [0.15, 0.2) is 12.7 Å². The van der Waals surface area contributed by atoms with Crippen LogP contribution in [0.3, 0.4) is 0 Å². The number of epoxide rings is 1. The average molecular weight is 415 g/mol. The van der Waals surface area contributed by atoms with Crippen LogP contribution in [0.4, 0.5) is 0 Å². The third kappa shape index (κ3) is 5.86. The van der Waals surface area contributed by atoms with Gasteiger partial charge >= 0.3 is 0 Å². The molecule has 0 spiro atoms. The highest BCUT2D eigenvalue weighted by Crippen LogP contribution is 2.43. The van der Waals surface area contributed by atoms with Crippen molar-refractivity contribution in [1.29, 1.82) is 0 Å². The number of rotatable bonds is 15. The maximum absolute atomic E-state index is 12.0. The normalized spacial score (nSPS) is 22.3. The highest BCUT2D eigenvalue weighted by molar-refractivity contribution is 6.74. The number of hydrogen-bond donors (Lipinski definition) is 0. The van der Waals surface area contributed by atoms with Crippen LogP contribution in [-0.2, 0) is 18.4 Å². The van der Waals surface area contributed by atoms with Crippen LogP contribution in [-0.4, -0.2) is 46.8 Å². The Bertz CT molecular complexity index is 466. The molecule has 3 atom stereocenters. The first kappa shape index (κ1) is 24.8. The molecular formula is C21H42O4Si2. The lowest BCUT2D eigenvalue weighted by atomic mass is 9.93. The Morgan fingerprint density at radius 2 is 1.41 bits per heavy atom. The van der Waals surface area contributed by atoms with Crippen molar-refractivity contribution in [3.63, 3.8) is 0 Å². The molecule has 0 saturated carbocycles. The molecule has 1 rings (SSSR count). The van der Waals surface area contributed by atoms with Crippen LogP contribution in [0, 0.1) is 0 Å². The summed E-state index contributed by atoms with van der Waals surface area (Å²) in [6, 6.07) is 6.43. The van der Waals surface area contributed by atoms with Gasteiger partial charge in [0, 0.05) is 6.42 Å². The second kappa shape index (κ2) is 10.5. The number of hydrogen-bond acceptors (Lipinski definition) is 4. The van der Waals surface area contributed by atoms with Crippen LogP contribution in [0.2, 0.25) is 36.3 Å². The van der Waals surface area contributed by atoms with Gasteiger partial charge in [0.05, 0.1) is 12.7 Å². The largest absolute Gasteiger partial charge is 0.408 e. The second-order valence-corrected chi connectivity index (χ2v) is 17.5. The van der Waals surface area contributed by atoms with E-state index in [2.05, 4.69) is 48.1 Å². The Morgan fingerprint density at radius 3 is 1.70 bits per heavy atom. The van der Waals surface area contributed by atoms with Gasteiger partial charge in [-0.05, 0) is 43.2 Å². The van der Waals surface area contributed by atoms with Crippen molar-refractivity contribution in [2.24, 2.45) is 0 Å². The number of ether oxygens (including phenoxy) is 1. The summed E-state index contributed by atoms with van der Waals surface area (Å²) in [5.74, 6) is 0.144. The van der Waals surface area contributed by atoms with Gasteiger partial charge < -0.3 is 13.6 Å². The highest BCUT2D eigenvalue weighted by Gasteiger charge is 2.58. The molecule has 0 aromatic carbocycles. The summed E-state index contributed by atoms with van der Waals surface area (Å²) in [4.78, 5) is 12.0. The Labute approximate surface area is 169 Å². The van der Waals surface area contributed by atoms with Gasteiger partial charge in [0.15, 0.2) is 16.6 Å². The summed E-state index contributed by atoms with van der Waals surface area (Å²) in [5.41, 5.74) is -0.530. The molecule has 0 amide bonds. The minimum absolute atomic E-state index is 0.144. The molecule has 1 heterocycles. The van der Waals surface area contributed by atoms with E-state index in [1.807, 2.05) is 6.08 Å². The average Bonchev–Trinajstić information content (AvgIpc) is 3.45. The van der Waals surface area contributed by atoms with E-state index < -0.39 is 22.2 Å². The van der Waals surface area contributed by atoms with E-state index in [-0.39, 0.29) is 18.0 Å². The van der Waals surface area contributed by atoms with Crippen LogP contribution in [0.25, 0.3) is 0 Å². The molecule has 0 aliphatic carbocycles. The van der Waals surface area contributed by atoms with Gasteiger partial charge in [-0.15, -0.1) is 6.58 Å². The van der Waals surface area contributed by atoms with Crippen molar-refractivity contribution in [1.82, 2.24) is 0 Å². The number of ketones is 1. The van der Waals surface area contributed by atoms with E-state index >= 15 is 0 Å². The lowest BCUT2D eigenvalue weighted by molar-refractivity contribution is -0.119. The molecule has 0 unspecified atom stereocenters. The molecule has 1 fully saturated rings. The SMILES string of the molecule is C=C[C@@H](O[Si](CC)(CC)CC)[C@@H](O[Si](CC)(CC)CC)[C@@]1(CC(C)=O)CO1. The second-order valence-electron chi connectivity index (χ2n) is 8.08. The third-order valence-corrected chi connectivity index (χ3v) is 16.0. The molecule has 0 bridgehead atoms. The lowest BCUT2D eigenvalue weighted by Crippen LogP contribution is -2.54. The molecule has 6 heteroatoms. The van der Waals surface area contributed by atoms with Gasteiger partial charge in [0.25, 0.3) is 0 Å². The summed E-state index contributed by atoms with van der Waals surface area (Å²) in [6.45, 7) is 19.7. The van der Waals surface area contributed by atoms with Gasteiger partial charge in [-0.25, -0.2) is 0 Å². The van der Waals surface area contributed by atoms with E-state index in [1.165, 1.54) is 0 Å². The van der Waals surface area contributed by atoms with Crippen LogP contribution in [0.5, 0.6) is 0 Å². The van der Waals surface area contributed by atoms with Crippen LogP contribution in [0.1, 0.15) is 54.9 Å². The molecular weight excluding hydrogens is 372 g/mol. The van der Waals surface area contributed by atoms with Crippen LogP contribution >= 0.6 is 0 Å². The smallest absolute Gasteiger partial charge is 0.193 e. The predicted octanol–water partition coefficient (Wildman–Crippen LogP) is 5.70. The minimum Gasteiger partial charge on any atom is -0.408 e. The molecule has 0 aromatic heterocycles. The summed E-state index contributed by atoms with van der Waals surface area (Å²) in [7, 11) is -3.73. The Hall–Kier alpha value is -0.276. The molecule has 158 valence electrons. The summed E-state index contributed by atoms with van der Waals surface area (Å²) in [6.07, 6.45) is 1.85. The first-order chi connectivity index (χ1) is 12.7. The Kier molecular flexibility index (Phi) is 9.62. The summed E-state index contributed by atoms with van der Waals surface area (Å²) in [5, 5.41) is 0. The molecule has 1 aliphatic heterocycles. The zero-order valence-electron chi connectivity index (χ0n) is 18.7. The predicted molar refractivity (Wildman–Crippen MR) is 118 cm³/mol. The maximum atomic E-state index is 12.0. The third-order valence-electron chi connectivity index (χ3n) is 6.74. The fraction of sp³-hybridized carbons (Fsp3) is 0.857. The molecule has 4 nitrogen and oxygen atoms in total. The lowest BCUT2D eigenvalue weighted by Gasteiger charge is -2.42. The topological polar surface area (TPSA) is 48.1 Å². The van der Waals surface area contributed by atoms with E-state index in [9.17, 15) is 4.79 Å². The van der Waals surface area contributed by atoms with E-state index in [0.717, 1.165) is 36.3 Å². The maximum Gasteiger partial charge on any atom is 0.193 e. The standard InChI is InChI=1S/C21H42O4Si2/c1-9-19(24-26(10-2,11-3)12-4)20(21(17-23-21)16-18(8)22)25-27(13-5,14-6)15-7/h9,19-20H,1,10-17H2,2-8H3/t19-,20-,21-/m1/s1. The van der Waals surface area contributed by atoms with Crippen molar-refractivity contribution in [3.8, 4) is 0 Å². The Morgan fingerprint density at radius 1 is 1.00 bits per heavy atom. The van der Waals surface area contributed by atoms with Gasteiger partial charge in [-0.1, -0.05) is 47.6 Å². The van der Waals surface area contributed by atoms with Crippen LogP contribution < -0.4 is 0 Å². The van der Waals surface area contributed by atoms with E-state index in [4.69, 9.17) is 13.6 Å². The summed E-state index contributed by atoms with van der Waals surface area (Å²) < 4.78 is 19.7. The molecule has 0 radical (unpaired) electrons. The van der Waals surface area contributed by atoms with Crippen molar-refractivity contribution in [2.45, 2.75) is 109 Å². The number of carbonyl (C=O) groups is 1. The minimum atomic E-state index is -1.89. The monoisotopic (exact) mass is 414 g/mol. The van der Waals surface area contributed by atoms with Crippen molar-refractivity contribution in [2.75, 3.05) is 6.61 Å². The van der Waals surface area contributed by atoms with Gasteiger partial charge in [0.1, 0.15) is 17.5 Å².